The van der Waals surface area contributed by atoms with Crippen molar-refractivity contribution in [3.63, 3.8) is 0 Å². The Bertz CT molecular complexity index is 244. The molecule has 0 amide bonds. The minimum absolute atomic E-state index is 0. The molecule has 0 aromatic carbocycles. The van der Waals surface area contributed by atoms with Crippen molar-refractivity contribution < 1.29 is 78.2 Å². The first-order chi connectivity index (χ1) is 7.98. The topological polar surface area (TPSA) is 210 Å². The summed E-state index contributed by atoms with van der Waals surface area (Å²) in [6.45, 7) is 0. The second kappa shape index (κ2) is 19.7. The third-order valence-electron chi connectivity index (χ3n) is 0.605. The van der Waals surface area contributed by atoms with E-state index in [0.717, 1.165) is 0 Å². The molecule has 0 unspecified atom stereocenters. The smallest absolute Gasteiger partial charge is 1.00 e. The van der Waals surface area contributed by atoms with Gasteiger partial charge in [-0.1, -0.05) is 0 Å². The van der Waals surface area contributed by atoms with Gasteiger partial charge < -0.3 is 40.2 Å². The number of halogens is 1. The SMILES string of the molecule is O=C(O)CC(=O)O.O=C(O)CC(=O)O.OB(O)O.[F-].[Li+]. The summed E-state index contributed by atoms with van der Waals surface area (Å²) in [7, 11) is -2.17. The Labute approximate surface area is 123 Å². The average Bonchev–Trinajstić information content (AvgIpc) is 1.96. The maximum atomic E-state index is 9.43. The molecule has 0 heterocycles. The minimum Gasteiger partial charge on any atom is -1.00 e. The van der Waals surface area contributed by atoms with Crippen molar-refractivity contribution in [3.8, 4) is 0 Å². The van der Waals surface area contributed by atoms with E-state index in [1.54, 1.807) is 0 Å². The van der Waals surface area contributed by atoms with Crippen molar-refractivity contribution in [2.24, 2.45) is 0 Å². The molecule has 0 saturated carbocycles. The standard InChI is InChI=1S/2C3H4O4.BH3O3.FH.Li/c2*4-2(5)1-3(6)7;2-1(3)4;;/h2*1H2,(H,4,5)(H,6,7);2-4H;1H;/q;;;;+1/p-1. The predicted molar refractivity (Wildman–Crippen MR) is 52.2 cm³/mol. The number of carboxylic acid groups (broad SMARTS) is 4. The summed E-state index contributed by atoms with van der Waals surface area (Å²) < 4.78 is 0. The van der Waals surface area contributed by atoms with Gasteiger partial charge in [-0.3, -0.25) is 19.2 Å². The molecule has 112 valence electrons. The van der Waals surface area contributed by atoms with Crippen LogP contribution in [0.2, 0.25) is 0 Å². The summed E-state index contributed by atoms with van der Waals surface area (Å²) in [5, 5.41) is 52.3. The van der Waals surface area contributed by atoms with Crippen LogP contribution in [0.4, 0.5) is 0 Å². The van der Waals surface area contributed by atoms with Gasteiger partial charge in [0.15, 0.2) is 0 Å². The molecule has 7 N–H and O–H groups in total. The summed E-state index contributed by atoms with van der Waals surface area (Å²) in [5.74, 6) is -5.25. The van der Waals surface area contributed by atoms with Gasteiger partial charge in [0.2, 0.25) is 0 Å². The number of carbonyl (C=O) groups is 4. The van der Waals surface area contributed by atoms with Crippen molar-refractivity contribution >= 4 is 31.2 Å². The number of carboxylic acids is 4. The molecule has 14 heteroatoms. The van der Waals surface area contributed by atoms with Gasteiger partial charge >= 0.3 is 50.1 Å². The molecule has 0 rings (SSSR count). The molecule has 0 aliphatic carbocycles. The fraction of sp³-hybridized carbons (Fsp3) is 0.333. The quantitative estimate of drug-likeness (QED) is 0.191. The van der Waals surface area contributed by atoms with Gasteiger partial charge in [0.05, 0.1) is 0 Å². The van der Waals surface area contributed by atoms with Crippen LogP contribution in [-0.4, -0.2) is 66.7 Å². The molecule has 11 nitrogen and oxygen atoms in total. The third-order valence-corrected chi connectivity index (χ3v) is 0.605. The molecule has 0 atom stereocenters. The molecule has 0 spiro atoms. The van der Waals surface area contributed by atoms with E-state index >= 15 is 0 Å². The van der Waals surface area contributed by atoms with Crippen LogP contribution in [0.5, 0.6) is 0 Å². The minimum atomic E-state index is -2.17. The van der Waals surface area contributed by atoms with Gasteiger partial charge in [-0.05, 0) is 0 Å². The van der Waals surface area contributed by atoms with Gasteiger partial charge in [-0.2, -0.15) is 0 Å². The predicted octanol–water partition coefficient (Wildman–Crippen LogP) is -8.95. The molecule has 0 aromatic heterocycles. The van der Waals surface area contributed by atoms with Crippen LogP contribution in [0, 0.1) is 0 Å². The van der Waals surface area contributed by atoms with Crippen molar-refractivity contribution in [2.75, 3.05) is 0 Å². The van der Waals surface area contributed by atoms with Crippen molar-refractivity contribution in [1.82, 2.24) is 0 Å². The van der Waals surface area contributed by atoms with Crippen LogP contribution in [0.25, 0.3) is 0 Å². The van der Waals surface area contributed by atoms with Crippen LogP contribution in [0.1, 0.15) is 12.8 Å². The van der Waals surface area contributed by atoms with Crippen molar-refractivity contribution in [1.29, 1.82) is 0 Å². The van der Waals surface area contributed by atoms with Gasteiger partial charge in [0.1, 0.15) is 12.8 Å². The zero-order valence-electron chi connectivity index (χ0n) is 10.1. The molecule has 0 bridgehead atoms. The summed E-state index contributed by atoms with van der Waals surface area (Å²) in [5.41, 5.74) is 0. The van der Waals surface area contributed by atoms with Crippen LogP contribution in [0.15, 0.2) is 0 Å². The second-order valence-electron chi connectivity index (χ2n) is 2.27. The Morgan fingerprint density at radius 1 is 0.650 bits per heavy atom. The largest absolute Gasteiger partial charge is 1.00 e. The summed E-state index contributed by atoms with van der Waals surface area (Å²) in [6.07, 6.45) is -1.61. The van der Waals surface area contributed by atoms with Gasteiger partial charge in [0, 0.05) is 0 Å². The summed E-state index contributed by atoms with van der Waals surface area (Å²) in [6, 6.07) is 0. The fourth-order valence-corrected chi connectivity index (χ4v) is 0.259. The molecule has 0 saturated heterocycles. The van der Waals surface area contributed by atoms with E-state index in [2.05, 4.69) is 0 Å². The van der Waals surface area contributed by atoms with Crippen LogP contribution in [0.3, 0.4) is 0 Å². The van der Waals surface area contributed by atoms with Crippen LogP contribution in [-0.2, 0) is 19.2 Å². The summed E-state index contributed by atoms with van der Waals surface area (Å²) >= 11 is 0. The van der Waals surface area contributed by atoms with E-state index in [1.165, 1.54) is 0 Å². The zero-order valence-corrected chi connectivity index (χ0v) is 10.1. The number of rotatable bonds is 4. The maximum absolute atomic E-state index is 9.43. The fourth-order valence-electron chi connectivity index (χ4n) is 0.259. The van der Waals surface area contributed by atoms with E-state index in [0.29, 0.717) is 0 Å². The van der Waals surface area contributed by atoms with Gasteiger partial charge in [-0.15, -0.1) is 0 Å². The van der Waals surface area contributed by atoms with Crippen molar-refractivity contribution in [3.05, 3.63) is 0 Å². The average molecular weight is 296 g/mol. The normalized spacial score (nSPS) is 6.95. The number of aliphatic carboxylic acids is 4. The first-order valence-corrected chi connectivity index (χ1v) is 3.90. The van der Waals surface area contributed by atoms with Crippen LogP contribution >= 0.6 is 0 Å². The summed E-state index contributed by atoms with van der Waals surface area (Å²) in [4.78, 5) is 37.7. The molecule has 0 aliphatic rings. The molecular weight excluding hydrogens is 285 g/mol. The van der Waals surface area contributed by atoms with Crippen molar-refractivity contribution in [2.45, 2.75) is 12.8 Å². The second-order valence-corrected chi connectivity index (χ2v) is 2.27. The maximum Gasteiger partial charge on any atom is 1.00 e. The van der Waals surface area contributed by atoms with E-state index < -0.39 is 44.0 Å². The van der Waals surface area contributed by atoms with E-state index in [1.807, 2.05) is 0 Å². The molecule has 0 fully saturated rings. The number of hydrogen-bond donors (Lipinski definition) is 7. The molecular formula is C6H11BFLiO11. The Morgan fingerprint density at radius 2 is 0.750 bits per heavy atom. The first-order valence-electron chi connectivity index (χ1n) is 3.90. The third kappa shape index (κ3) is 95.5. The Morgan fingerprint density at radius 3 is 0.750 bits per heavy atom. The number of hydrogen-bond acceptors (Lipinski definition) is 7. The van der Waals surface area contributed by atoms with E-state index in [4.69, 9.17) is 35.5 Å². The Hall–Kier alpha value is -1.65. The molecule has 0 radical (unpaired) electrons. The Balaban J connectivity index is -0.0000000555. The Kier molecular flexibility index (Phi) is 30.5. The molecule has 20 heavy (non-hydrogen) atoms. The monoisotopic (exact) mass is 296 g/mol. The van der Waals surface area contributed by atoms with Crippen LogP contribution < -0.4 is 23.6 Å². The van der Waals surface area contributed by atoms with E-state index in [-0.39, 0.29) is 23.6 Å². The van der Waals surface area contributed by atoms with Gasteiger partial charge in [0.25, 0.3) is 0 Å². The van der Waals surface area contributed by atoms with E-state index in [9.17, 15) is 19.2 Å². The van der Waals surface area contributed by atoms with Gasteiger partial charge in [-0.25, -0.2) is 0 Å². The zero-order chi connectivity index (χ0) is 15.3. The molecule has 0 aliphatic heterocycles. The first kappa shape index (κ1) is 31.0. The molecule has 0 aromatic rings.